The number of carbonyl (C=O) groups is 1. The van der Waals surface area contributed by atoms with Crippen LogP contribution in [0.4, 0.5) is 0 Å². The minimum absolute atomic E-state index is 0.00999. The second-order valence-corrected chi connectivity index (χ2v) is 6.01. The van der Waals surface area contributed by atoms with Crippen molar-refractivity contribution in [1.29, 1.82) is 0 Å². The summed E-state index contributed by atoms with van der Waals surface area (Å²) in [6, 6.07) is 0. The van der Waals surface area contributed by atoms with E-state index in [9.17, 15) is 4.79 Å². The first-order valence-electron chi connectivity index (χ1n) is 6.00. The highest BCUT2D eigenvalue weighted by molar-refractivity contribution is 5.72. The summed E-state index contributed by atoms with van der Waals surface area (Å²) in [5.41, 5.74) is 0.419. The van der Waals surface area contributed by atoms with E-state index in [0.717, 1.165) is 18.8 Å². The third kappa shape index (κ3) is 4.23. The summed E-state index contributed by atoms with van der Waals surface area (Å²) in [6.45, 7) is 6.87. The van der Waals surface area contributed by atoms with Crippen molar-refractivity contribution in [3.05, 3.63) is 0 Å². The van der Waals surface area contributed by atoms with Crippen LogP contribution in [0.1, 0.15) is 52.9 Å². The van der Waals surface area contributed by atoms with Gasteiger partial charge in [-0.1, -0.05) is 20.8 Å². The van der Waals surface area contributed by atoms with E-state index in [0.29, 0.717) is 5.41 Å². The number of methoxy groups -OCH3 is 1. The Morgan fingerprint density at radius 2 is 1.73 bits per heavy atom. The van der Waals surface area contributed by atoms with Gasteiger partial charge in [-0.25, -0.2) is 0 Å². The van der Waals surface area contributed by atoms with Crippen LogP contribution in [0.2, 0.25) is 0 Å². The Morgan fingerprint density at radius 3 is 2.13 bits per heavy atom. The van der Waals surface area contributed by atoms with Crippen LogP contribution in [-0.2, 0) is 9.53 Å². The maximum atomic E-state index is 11.3. The zero-order valence-electron chi connectivity index (χ0n) is 10.5. The van der Waals surface area contributed by atoms with E-state index in [2.05, 4.69) is 20.8 Å². The summed E-state index contributed by atoms with van der Waals surface area (Å²) < 4.78 is 4.79. The van der Waals surface area contributed by atoms with E-state index in [4.69, 9.17) is 4.74 Å². The average Bonchev–Trinajstić information content (AvgIpc) is 2.15. The molecule has 0 aliphatic heterocycles. The Labute approximate surface area is 93.4 Å². The normalized spacial score (nSPS) is 27.5. The highest BCUT2D eigenvalue weighted by Crippen LogP contribution is 2.36. The summed E-state index contributed by atoms with van der Waals surface area (Å²) in [4.78, 5) is 11.3. The van der Waals surface area contributed by atoms with E-state index >= 15 is 0 Å². The lowest BCUT2D eigenvalue weighted by Gasteiger charge is -2.31. The highest BCUT2D eigenvalue weighted by Gasteiger charge is 2.28. The first-order valence-corrected chi connectivity index (χ1v) is 6.00. The number of hydrogen-bond donors (Lipinski definition) is 0. The fourth-order valence-electron chi connectivity index (χ4n) is 2.63. The van der Waals surface area contributed by atoms with Gasteiger partial charge < -0.3 is 4.74 Å². The number of hydrogen-bond acceptors (Lipinski definition) is 2. The number of rotatable bonds is 2. The number of esters is 1. The fourth-order valence-corrected chi connectivity index (χ4v) is 2.63. The van der Waals surface area contributed by atoms with Crippen LogP contribution >= 0.6 is 0 Å². The molecule has 0 aromatic carbocycles. The Kier molecular flexibility index (Phi) is 4.18. The molecule has 1 saturated carbocycles. The molecule has 0 amide bonds. The topological polar surface area (TPSA) is 26.3 Å². The minimum atomic E-state index is -0.00999. The third-order valence-electron chi connectivity index (χ3n) is 3.28. The van der Waals surface area contributed by atoms with Crippen molar-refractivity contribution >= 4 is 5.97 Å². The van der Waals surface area contributed by atoms with Gasteiger partial charge in [-0.05, 0) is 43.4 Å². The first kappa shape index (κ1) is 12.5. The molecule has 1 aliphatic rings. The van der Waals surface area contributed by atoms with Crippen LogP contribution < -0.4 is 0 Å². The van der Waals surface area contributed by atoms with Gasteiger partial charge in [-0.3, -0.25) is 4.79 Å². The zero-order chi connectivity index (χ0) is 11.5. The van der Waals surface area contributed by atoms with Crippen molar-refractivity contribution in [2.24, 2.45) is 17.3 Å². The third-order valence-corrected chi connectivity index (χ3v) is 3.28. The van der Waals surface area contributed by atoms with E-state index in [-0.39, 0.29) is 11.9 Å². The van der Waals surface area contributed by atoms with Crippen LogP contribution in [0.15, 0.2) is 0 Å². The minimum Gasteiger partial charge on any atom is -0.469 e. The molecule has 88 valence electrons. The summed E-state index contributed by atoms with van der Waals surface area (Å²) in [6.07, 6.45) is 5.70. The SMILES string of the molecule is COC(=O)[C@H]1CC[C@H](CC(C)(C)C)CC1. The van der Waals surface area contributed by atoms with Gasteiger partial charge >= 0.3 is 5.97 Å². The maximum absolute atomic E-state index is 11.3. The van der Waals surface area contributed by atoms with Crippen molar-refractivity contribution in [2.45, 2.75) is 52.9 Å². The van der Waals surface area contributed by atoms with Crippen molar-refractivity contribution in [2.75, 3.05) is 7.11 Å². The van der Waals surface area contributed by atoms with Crippen LogP contribution in [0.25, 0.3) is 0 Å². The second kappa shape index (κ2) is 5.00. The van der Waals surface area contributed by atoms with E-state index in [1.807, 2.05) is 0 Å². The van der Waals surface area contributed by atoms with Crippen molar-refractivity contribution in [3.63, 3.8) is 0 Å². The van der Waals surface area contributed by atoms with Gasteiger partial charge in [-0.2, -0.15) is 0 Å². The summed E-state index contributed by atoms with van der Waals surface area (Å²) in [5, 5.41) is 0. The predicted octanol–water partition coefficient (Wildman–Crippen LogP) is 3.40. The highest BCUT2D eigenvalue weighted by atomic mass is 16.5. The van der Waals surface area contributed by atoms with Gasteiger partial charge in [0.2, 0.25) is 0 Å². The van der Waals surface area contributed by atoms with Crippen LogP contribution in [0.5, 0.6) is 0 Å². The fraction of sp³-hybridized carbons (Fsp3) is 0.923. The molecule has 0 heterocycles. The smallest absolute Gasteiger partial charge is 0.308 e. The van der Waals surface area contributed by atoms with Gasteiger partial charge in [0, 0.05) is 0 Å². The Morgan fingerprint density at radius 1 is 1.20 bits per heavy atom. The number of carbonyl (C=O) groups excluding carboxylic acids is 1. The molecule has 2 nitrogen and oxygen atoms in total. The molecule has 0 spiro atoms. The molecule has 0 unspecified atom stereocenters. The molecule has 1 rings (SSSR count). The largest absolute Gasteiger partial charge is 0.469 e. The van der Waals surface area contributed by atoms with Gasteiger partial charge in [0.15, 0.2) is 0 Å². The van der Waals surface area contributed by atoms with Gasteiger partial charge in [-0.15, -0.1) is 0 Å². The maximum Gasteiger partial charge on any atom is 0.308 e. The summed E-state index contributed by atoms with van der Waals surface area (Å²) >= 11 is 0. The van der Waals surface area contributed by atoms with E-state index in [1.54, 1.807) is 0 Å². The molecule has 0 saturated heterocycles. The van der Waals surface area contributed by atoms with E-state index in [1.165, 1.54) is 26.4 Å². The quantitative estimate of drug-likeness (QED) is 0.656. The van der Waals surface area contributed by atoms with Crippen LogP contribution in [0, 0.1) is 17.3 Å². The van der Waals surface area contributed by atoms with E-state index < -0.39 is 0 Å². The standard InChI is InChI=1S/C13H24O2/c1-13(2,3)9-10-5-7-11(8-6-10)12(14)15-4/h10-11H,5-9H2,1-4H3/t10-,11-. The van der Waals surface area contributed by atoms with Crippen molar-refractivity contribution in [1.82, 2.24) is 0 Å². The Bertz CT molecular complexity index is 207. The van der Waals surface area contributed by atoms with Crippen molar-refractivity contribution < 1.29 is 9.53 Å². The number of ether oxygens (including phenoxy) is 1. The molecule has 0 N–H and O–H groups in total. The van der Waals surface area contributed by atoms with Gasteiger partial charge in [0.25, 0.3) is 0 Å². The summed E-state index contributed by atoms with van der Waals surface area (Å²) in [7, 11) is 1.49. The molecule has 2 heteroatoms. The second-order valence-electron chi connectivity index (χ2n) is 6.01. The lowest BCUT2D eigenvalue weighted by molar-refractivity contribution is -0.146. The predicted molar refractivity (Wildman–Crippen MR) is 61.5 cm³/mol. The Balaban J connectivity index is 2.33. The molecule has 0 aromatic heterocycles. The first-order chi connectivity index (χ1) is 6.92. The van der Waals surface area contributed by atoms with Gasteiger partial charge in [0.05, 0.1) is 13.0 Å². The molecule has 15 heavy (non-hydrogen) atoms. The molecule has 0 atom stereocenters. The molecule has 0 bridgehead atoms. The zero-order valence-corrected chi connectivity index (χ0v) is 10.5. The monoisotopic (exact) mass is 212 g/mol. The molecule has 1 fully saturated rings. The van der Waals surface area contributed by atoms with Gasteiger partial charge in [0.1, 0.15) is 0 Å². The average molecular weight is 212 g/mol. The molecule has 0 radical (unpaired) electrons. The molecule has 1 aliphatic carbocycles. The lowest BCUT2D eigenvalue weighted by Crippen LogP contribution is -2.25. The summed E-state index contributed by atoms with van der Waals surface area (Å²) in [5.74, 6) is 0.973. The van der Waals surface area contributed by atoms with Crippen molar-refractivity contribution in [3.8, 4) is 0 Å². The molecule has 0 aromatic rings. The molecular weight excluding hydrogens is 188 g/mol. The van der Waals surface area contributed by atoms with Crippen LogP contribution in [0.3, 0.4) is 0 Å². The molecular formula is C13H24O2. The Hall–Kier alpha value is -0.530. The lowest BCUT2D eigenvalue weighted by atomic mass is 9.74. The van der Waals surface area contributed by atoms with Crippen LogP contribution in [-0.4, -0.2) is 13.1 Å².